The molecule has 0 fully saturated rings. The van der Waals surface area contributed by atoms with Crippen molar-refractivity contribution in [2.75, 3.05) is 6.61 Å². The lowest BCUT2D eigenvalue weighted by atomic mass is 9.96. The minimum absolute atomic E-state index is 0.0747. The van der Waals surface area contributed by atoms with Crippen LogP contribution in [0.5, 0.6) is 5.75 Å². The molecule has 0 unspecified atom stereocenters. The number of nitrogens with zero attached hydrogens (tertiary/aromatic N) is 1. The van der Waals surface area contributed by atoms with Gasteiger partial charge in [-0.3, -0.25) is 9.59 Å². The highest BCUT2D eigenvalue weighted by Gasteiger charge is 2.23. The van der Waals surface area contributed by atoms with Gasteiger partial charge in [0.05, 0.1) is 11.1 Å². The molecule has 0 saturated heterocycles. The van der Waals surface area contributed by atoms with E-state index < -0.39 is 24.3 Å². The van der Waals surface area contributed by atoms with Crippen LogP contribution >= 0.6 is 0 Å². The zero-order valence-corrected chi connectivity index (χ0v) is 17.0. The number of fused-ring (bicyclic) bond motifs is 1. The fourth-order valence-electron chi connectivity index (χ4n) is 3.76. The summed E-state index contributed by atoms with van der Waals surface area (Å²) in [4.78, 5) is 35.2. The third kappa shape index (κ3) is 4.09. The first-order chi connectivity index (χ1) is 15.5. The largest absolute Gasteiger partial charge is 0.480 e. The van der Waals surface area contributed by atoms with Gasteiger partial charge in [0.1, 0.15) is 5.75 Å². The van der Waals surface area contributed by atoms with Crippen molar-refractivity contribution in [3.05, 3.63) is 95.8 Å². The Morgan fingerprint density at radius 1 is 0.938 bits per heavy atom. The first-order valence-corrected chi connectivity index (χ1v) is 9.90. The molecule has 1 amide bonds. The van der Waals surface area contributed by atoms with Gasteiger partial charge in [-0.05, 0) is 34.9 Å². The molecule has 3 N–H and O–H groups in total. The molecule has 0 aliphatic carbocycles. The number of primary amides is 1. The number of aromatic nitrogens is 1. The number of carboxylic acid groups (broad SMARTS) is 1. The number of carbonyl (C=O) groups is 3. The second-order valence-corrected chi connectivity index (χ2v) is 7.22. The Hall–Kier alpha value is -4.39. The maximum absolute atomic E-state index is 12.5. The second kappa shape index (κ2) is 8.77. The summed E-state index contributed by atoms with van der Waals surface area (Å²) < 4.78 is 7.11. The van der Waals surface area contributed by atoms with E-state index in [4.69, 9.17) is 15.6 Å². The second-order valence-electron chi connectivity index (χ2n) is 7.22. The van der Waals surface area contributed by atoms with E-state index in [-0.39, 0.29) is 11.3 Å². The number of hydrogen-bond acceptors (Lipinski definition) is 4. The summed E-state index contributed by atoms with van der Waals surface area (Å²) in [6.07, 6.45) is 2.20. The smallest absolute Gasteiger partial charge is 0.341 e. The van der Waals surface area contributed by atoms with E-state index in [2.05, 4.69) is 0 Å². The Balaban J connectivity index is 1.84. The quantitative estimate of drug-likeness (QED) is 0.330. The van der Waals surface area contributed by atoms with E-state index in [0.29, 0.717) is 11.9 Å². The Kier molecular flexibility index (Phi) is 5.72. The molecule has 160 valence electrons. The van der Waals surface area contributed by atoms with Gasteiger partial charge in [0, 0.05) is 18.3 Å². The van der Waals surface area contributed by atoms with Crippen molar-refractivity contribution in [3.63, 3.8) is 0 Å². The number of benzene rings is 2. The lowest BCUT2D eigenvalue weighted by molar-refractivity contribution is -0.139. The van der Waals surface area contributed by atoms with Gasteiger partial charge >= 0.3 is 5.97 Å². The summed E-state index contributed by atoms with van der Waals surface area (Å²) in [6.45, 7) is -0.582. The summed E-state index contributed by atoms with van der Waals surface area (Å²) in [7, 11) is 0. The molecular weight excluding hydrogens is 408 g/mol. The van der Waals surface area contributed by atoms with Gasteiger partial charge < -0.3 is 20.0 Å². The number of ether oxygens (including phenoxy) is 1. The van der Waals surface area contributed by atoms with Crippen LogP contribution in [0.25, 0.3) is 16.6 Å². The number of Topliss-reactive ketones (excluding diaryl/α,β-unsaturated/α-hetero) is 1. The van der Waals surface area contributed by atoms with Gasteiger partial charge in [-0.15, -0.1) is 0 Å². The molecule has 7 heteroatoms. The van der Waals surface area contributed by atoms with Crippen molar-refractivity contribution in [1.82, 2.24) is 4.40 Å². The Morgan fingerprint density at radius 3 is 2.38 bits per heavy atom. The van der Waals surface area contributed by atoms with Gasteiger partial charge in [-0.1, -0.05) is 54.6 Å². The zero-order valence-electron chi connectivity index (χ0n) is 17.0. The van der Waals surface area contributed by atoms with Crippen LogP contribution in [0.4, 0.5) is 0 Å². The molecule has 2 heterocycles. The van der Waals surface area contributed by atoms with E-state index in [1.54, 1.807) is 28.8 Å². The molecular formula is C25H20N2O5. The predicted octanol–water partition coefficient (Wildman–Crippen LogP) is 3.33. The standard InChI is InChI=1S/C25H20N2O5/c26-25(31)24(30)20-14-18(27-12-6-11-21(23(20)27)32-15-22(28)29)13-17-9-4-5-10-19(17)16-7-2-1-3-8-16/h1-12,14H,13,15H2,(H2,26,31)(H,28,29). The van der Waals surface area contributed by atoms with Gasteiger partial charge in [0.2, 0.25) is 0 Å². The molecule has 2 aromatic carbocycles. The van der Waals surface area contributed by atoms with E-state index in [9.17, 15) is 14.4 Å². The number of carboxylic acids is 1. The van der Waals surface area contributed by atoms with Crippen molar-refractivity contribution >= 4 is 23.2 Å². The first-order valence-electron chi connectivity index (χ1n) is 9.90. The molecule has 0 aliphatic heterocycles. The number of nitrogens with two attached hydrogens (primary N) is 1. The zero-order chi connectivity index (χ0) is 22.7. The number of aliphatic carboxylic acids is 1. The van der Waals surface area contributed by atoms with Crippen LogP contribution in [0.3, 0.4) is 0 Å². The van der Waals surface area contributed by atoms with Crippen LogP contribution in [0.15, 0.2) is 79.0 Å². The normalized spacial score (nSPS) is 10.8. The highest BCUT2D eigenvalue weighted by Crippen LogP contribution is 2.31. The van der Waals surface area contributed by atoms with Gasteiger partial charge in [0.25, 0.3) is 11.7 Å². The molecule has 4 aromatic rings. The molecule has 0 radical (unpaired) electrons. The number of rotatable bonds is 8. The highest BCUT2D eigenvalue weighted by atomic mass is 16.5. The summed E-state index contributed by atoms with van der Waals surface area (Å²) in [5.41, 5.74) is 9.50. The molecule has 4 rings (SSSR count). The molecule has 0 bridgehead atoms. The topological polar surface area (TPSA) is 111 Å². The van der Waals surface area contributed by atoms with Crippen LogP contribution in [-0.4, -0.2) is 33.8 Å². The summed E-state index contributed by atoms with van der Waals surface area (Å²) >= 11 is 0. The van der Waals surface area contributed by atoms with Crippen molar-refractivity contribution in [1.29, 1.82) is 0 Å². The number of hydrogen-bond donors (Lipinski definition) is 2. The van der Waals surface area contributed by atoms with Crippen LogP contribution in [0.2, 0.25) is 0 Å². The SMILES string of the molecule is NC(=O)C(=O)c1cc(Cc2ccccc2-c2ccccc2)n2cccc(OCC(=O)O)c12. The van der Waals surface area contributed by atoms with Crippen LogP contribution in [0, 0.1) is 0 Å². The molecule has 0 atom stereocenters. The molecule has 7 nitrogen and oxygen atoms in total. The maximum Gasteiger partial charge on any atom is 0.341 e. The lowest BCUT2D eigenvalue weighted by Crippen LogP contribution is -2.23. The van der Waals surface area contributed by atoms with E-state index >= 15 is 0 Å². The molecule has 0 spiro atoms. The molecule has 2 aromatic heterocycles. The number of pyridine rings is 1. The van der Waals surface area contributed by atoms with E-state index in [1.165, 1.54) is 0 Å². The Bertz CT molecular complexity index is 1320. The van der Waals surface area contributed by atoms with Crippen LogP contribution in [0.1, 0.15) is 21.6 Å². The average molecular weight is 428 g/mol. The van der Waals surface area contributed by atoms with Crippen molar-refractivity contribution < 1.29 is 24.2 Å². The fraction of sp³-hybridized carbons (Fsp3) is 0.0800. The monoisotopic (exact) mass is 428 g/mol. The predicted molar refractivity (Wildman–Crippen MR) is 119 cm³/mol. The van der Waals surface area contributed by atoms with Crippen molar-refractivity contribution in [2.24, 2.45) is 5.73 Å². The van der Waals surface area contributed by atoms with Crippen LogP contribution in [-0.2, 0) is 16.0 Å². The third-order valence-corrected chi connectivity index (χ3v) is 5.13. The fourth-order valence-corrected chi connectivity index (χ4v) is 3.76. The van der Waals surface area contributed by atoms with Gasteiger partial charge in [0.15, 0.2) is 6.61 Å². The molecule has 0 saturated carbocycles. The number of amides is 1. The minimum atomic E-state index is -1.15. The Morgan fingerprint density at radius 2 is 1.66 bits per heavy atom. The first kappa shape index (κ1) is 20.9. The van der Waals surface area contributed by atoms with E-state index in [1.807, 2.05) is 54.6 Å². The van der Waals surface area contributed by atoms with Crippen LogP contribution < -0.4 is 10.5 Å². The summed E-state index contributed by atoms with van der Waals surface area (Å²) in [5.74, 6) is -2.93. The highest BCUT2D eigenvalue weighted by molar-refractivity contribution is 6.44. The summed E-state index contributed by atoms with van der Waals surface area (Å²) in [6, 6.07) is 22.7. The number of carbonyl (C=O) groups excluding carboxylic acids is 2. The number of ketones is 1. The molecule has 32 heavy (non-hydrogen) atoms. The summed E-state index contributed by atoms with van der Waals surface area (Å²) in [5, 5.41) is 8.98. The van der Waals surface area contributed by atoms with E-state index in [0.717, 1.165) is 22.4 Å². The van der Waals surface area contributed by atoms with Crippen molar-refractivity contribution in [3.8, 4) is 16.9 Å². The van der Waals surface area contributed by atoms with Gasteiger partial charge in [-0.25, -0.2) is 4.79 Å². The third-order valence-electron chi connectivity index (χ3n) is 5.13. The average Bonchev–Trinajstić information content (AvgIpc) is 3.17. The molecule has 0 aliphatic rings. The van der Waals surface area contributed by atoms with Crippen molar-refractivity contribution in [2.45, 2.75) is 6.42 Å². The maximum atomic E-state index is 12.5. The lowest BCUT2D eigenvalue weighted by Gasteiger charge is -2.11. The minimum Gasteiger partial charge on any atom is -0.480 e. The van der Waals surface area contributed by atoms with Gasteiger partial charge in [-0.2, -0.15) is 0 Å². The Labute approximate surface area is 183 Å².